The molecule has 0 atom stereocenters. The summed E-state index contributed by atoms with van der Waals surface area (Å²) >= 11 is 0. The van der Waals surface area contributed by atoms with E-state index in [1.807, 2.05) is 30.3 Å². The molecule has 1 heterocycles. The van der Waals surface area contributed by atoms with Gasteiger partial charge in [-0.1, -0.05) is 13.0 Å². The van der Waals surface area contributed by atoms with Crippen molar-refractivity contribution in [2.24, 2.45) is 0 Å². The molecule has 0 amide bonds. The molecular formula is C19H20N2O. The van der Waals surface area contributed by atoms with Crippen molar-refractivity contribution < 1.29 is 4.74 Å². The van der Waals surface area contributed by atoms with Crippen LogP contribution in [0.2, 0.25) is 0 Å². The maximum atomic E-state index is 5.84. The van der Waals surface area contributed by atoms with Crippen LogP contribution in [0, 0.1) is 0 Å². The molecular weight excluding hydrogens is 272 g/mol. The maximum Gasteiger partial charge on any atom is 0.219 e. The fourth-order valence-corrected chi connectivity index (χ4v) is 2.40. The zero-order chi connectivity index (χ0) is 15.4. The lowest BCUT2D eigenvalue weighted by atomic mass is 10.1. The average Bonchev–Trinajstić information content (AvgIpc) is 2.56. The van der Waals surface area contributed by atoms with Gasteiger partial charge in [0.25, 0.3) is 0 Å². The molecule has 0 fully saturated rings. The number of ether oxygens (including phenoxy) is 1. The van der Waals surface area contributed by atoms with E-state index in [0.29, 0.717) is 5.88 Å². The Morgan fingerprint density at radius 1 is 0.955 bits per heavy atom. The first kappa shape index (κ1) is 14.4. The molecule has 0 aliphatic carbocycles. The standard InChI is InChI=1S/C19H20N2O/c1-3-14-5-11-18-15(13-14)6-12-19(21-18)22-17-9-7-16(8-10-17)20-4-2/h5-13,20H,3-4H2,1-2H3. The molecule has 0 bridgehead atoms. The minimum atomic E-state index is 0.618. The van der Waals surface area contributed by atoms with E-state index in [0.717, 1.165) is 35.3 Å². The van der Waals surface area contributed by atoms with Crippen LogP contribution >= 0.6 is 0 Å². The Morgan fingerprint density at radius 3 is 2.50 bits per heavy atom. The van der Waals surface area contributed by atoms with E-state index in [4.69, 9.17) is 4.74 Å². The Morgan fingerprint density at radius 2 is 1.77 bits per heavy atom. The highest BCUT2D eigenvalue weighted by Gasteiger charge is 2.02. The Labute approximate surface area is 131 Å². The van der Waals surface area contributed by atoms with E-state index in [2.05, 4.69) is 48.4 Å². The van der Waals surface area contributed by atoms with Crippen LogP contribution < -0.4 is 10.1 Å². The second-order valence-corrected chi connectivity index (χ2v) is 5.19. The quantitative estimate of drug-likeness (QED) is 0.717. The van der Waals surface area contributed by atoms with Crippen LogP contribution in [0.15, 0.2) is 54.6 Å². The molecule has 3 aromatic rings. The van der Waals surface area contributed by atoms with Crippen molar-refractivity contribution in [2.45, 2.75) is 20.3 Å². The van der Waals surface area contributed by atoms with E-state index in [1.165, 1.54) is 5.56 Å². The van der Waals surface area contributed by atoms with E-state index >= 15 is 0 Å². The monoisotopic (exact) mass is 292 g/mol. The Hall–Kier alpha value is -2.55. The van der Waals surface area contributed by atoms with E-state index in [1.54, 1.807) is 0 Å². The highest BCUT2D eigenvalue weighted by molar-refractivity contribution is 5.79. The third-order valence-corrected chi connectivity index (χ3v) is 3.59. The number of benzene rings is 2. The van der Waals surface area contributed by atoms with Gasteiger partial charge in [0, 0.05) is 23.7 Å². The van der Waals surface area contributed by atoms with Crippen LogP contribution in [0.25, 0.3) is 10.9 Å². The van der Waals surface area contributed by atoms with E-state index < -0.39 is 0 Å². The molecule has 3 nitrogen and oxygen atoms in total. The topological polar surface area (TPSA) is 34.1 Å². The molecule has 2 aromatic carbocycles. The smallest absolute Gasteiger partial charge is 0.219 e. The number of hydrogen-bond donors (Lipinski definition) is 1. The summed E-state index contributed by atoms with van der Waals surface area (Å²) in [6.45, 7) is 5.14. The van der Waals surface area contributed by atoms with Gasteiger partial charge in [-0.3, -0.25) is 0 Å². The lowest BCUT2D eigenvalue weighted by Gasteiger charge is -2.08. The molecule has 22 heavy (non-hydrogen) atoms. The predicted molar refractivity (Wildman–Crippen MR) is 91.8 cm³/mol. The number of rotatable bonds is 5. The summed E-state index contributed by atoms with van der Waals surface area (Å²) < 4.78 is 5.84. The molecule has 0 aliphatic heterocycles. The first-order chi connectivity index (χ1) is 10.8. The van der Waals surface area contributed by atoms with Crippen LogP contribution in [0.4, 0.5) is 5.69 Å². The molecule has 0 radical (unpaired) electrons. The van der Waals surface area contributed by atoms with Gasteiger partial charge in [0.05, 0.1) is 5.52 Å². The van der Waals surface area contributed by atoms with Crippen molar-refractivity contribution in [3.63, 3.8) is 0 Å². The van der Waals surface area contributed by atoms with Crippen molar-refractivity contribution in [3.05, 3.63) is 60.2 Å². The van der Waals surface area contributed by atoms with Gasteiger partial charge in [0.1, 0.15) is 5.75 Å². The molecule has 1 N–H and O–H groups in total. The second kappa shape index (κ2) is 6.48. The molecule has 0 spiro atoms. The third-order valence-electron chi connectivity index (χ3n) is 3.59. The summed E-state index contributed by atoms with van der Waals surface area (Å²) in [5, 5.41) is 4.41. The van der Waals surface area contributed by atoms with E-state index in [9.17, 15) is 0 Å². The minimum Gasteiger partial charge on any atom is -0.439 e. The molecule has 112 valence electrons. The number of anilines is 1. The zero-order valence-electron chi connectivity index (χ0n) is 13.0. The van der Waals surface area contributed by atoms with Crippen LogP contribution in [-0.4, -0.2) is 11.5 Å². The molecule has 0 saturated carbocycles. The normalized spacial score (nSPS) is 10.6. The summed E-state index contributed by atoms with van der Waals surface area (Å²) in [6, 6.07) is 18.2. The Bertz CT molecular complexity index is 766. The van der Waals surface area contributed by atoms with Gasteiger partial charge in [0.2, 0.25) is 5.88 Å². The van der Waals surface area contributed by atoms with Crippen molar-refractivity contribution in [1.29, 1.82) is 0 Å². The van der Waals surface area contributed by atoms with Gasteiger partial charge < -0.3 is 10.1 Å². The zero-order valence-corrected chi connectivity index (χ0v) is 13.0. The second-order valence-electron chi connectivity index (χ2n) is 5.19. The largest absolute Gasteiger partial charge is 0.439 e. The number of pyridine rings is 1. The third kappa shape index (κ3) is 3.19. The van der Waals surface area contributed by atoms with Crippen LogP contribution in [-0.2, 0) is 6.42 Å². The number of aromatic nitrogens is 1. The number of aryl methyl sites for hydroxylation is 1. The van der Waals surface area contributed by atoms with Crippen molar-refractivity contribution in [2.75, 3.05) is 11.9 Å². The molecule has 3 heteroatoms. The highest BCUT2D eigenvalue weighted by atomic mass is 16.5. The molecule has 0 aliphatic rings. The SMILES string of the molecule is CCNc1ccc(Oc2ccc3cc(CC)ccc3n2)cc1. The van der Waals surface area contributed by atoms with Gasteiger partial charge in [0.15, 0.2) is 0 Å². The number of nitrogens with one attached hydrogen (secondary N) is 1. The first-order valence-electron chi connectivity index (χ1n) is 7.70. The average molecular weight is 292 g/mol. The lowest BCUT2D eigenvalue weighted by molar-refractivity contribution is 0.465. The Kier molecular flexibility index (Phi) is 4.24. The van der Waals surface area contributed by atoms with Gasteiger partial charge in [-0.05, 0) is 61.4 Å². The summed E-state index contributed by atoms with van der Waals surface area (Å²) in [6.07, 6.45) is 1.03. The summed E-state index contributed by atoms with van der Waals surface area (Å²) in [4.78, 5) is 4.57. The number of nitrogens with zero attached hydrogens (tertiary/aromatic N) is 1. The fourth-order valence-electron chi connectivity index (χ4n) is 2.40. The van der Waals surface area contributed by atoms with Crippen LogP contribution in [0.1, 0.15) is 19.4 Å². The molecule has 3 rings (SSSR count). The van der Waals surface area contributed by atoms with Crippen molar-refractivity contribution >= 4 is 16.6 Å². The maximum absolute atomic E-state index is 5.84. The molecule has 0 saturated heterocycles. The van der Waals surface area contributed by atoms with Gasteiger partial charge in [-0.15, -0.1) is 0 Å². The number of hydrogen-bond acceptors (Lipinski definition) is 3. The summed E-state index contributed by atoms with van der Waals surface area (Å²) in [7, 11) is 0. The molecule has 1 aromatic heterocycles. The lowest BCUT2D eigenvalue weighted by Crippen LogP contribution is -1.95. The summed E-state index contributed by atoms with van der Waals surface area (Å²) in [5.74, 6) is 1.41. The first-order valence-corrected chi connectivity index (χ1v) is 7.70. The van der Waals surface area contributed by atoms with Crippen LogP contribution in [0.5, 0.6) is 11.6 Å². The van der Waals surface area contributed by atoms with Gasteiger partial charge in [-0.25, -0.2) is 4.98 Å². The summed E-state index contributed by atoms with van der Waals surface area (Å²) in [5.41, 5.74) is 3.37. The van der Waals surface area contributed by atoms with Gasteiger partial charge >= 0.3 is 0 Å². The van der Waals surface area contributed by atoms with Crippen LogP contribution in [0.3, 0.4) is 0 Å². The van der Waals surface area contributed by atoms with E-state index in [-0.39, 0.29) is 0 Å². The predicted octanol–water partition coefficient (Wildman–Crippen LogP) is 5.02. The highest BCUT2D eigenvalue weighted by Crippen LogP contribution is 2.24. The Balaban J connectivity index is 1.81. The van der Waals surface area contributed by atoms with Crippen molar-refractivity contribution in [3.8, 4) is 11.6 Å². The van der Waals surface area contributed by atoms with Gasteiger partial charge in [-0.2, -0.15) is 0 Å². The fraction of sp³-hybridized carbons (Fsp3) is 0.211. The minimum absolute atomic E-state index is 0.618. The number of fused-ring (bicyclic) bond motifs is 1. The molecule has 0 unspecified atom stereocenters. The van der Waals surface area contributed by atoms with Crippen molar-refractivity contribution in [1.82, 2.24) is 4.98 Å².